The van der Waals surface area contributed by atoms with Crippen LogP contribution in [0.1, 0.15) is 149 Å². The van der Waals surface area contributed by atoms with Gasteiger partial charge in [0.25, 0.3) is 0 Å². The van der Waals surface area contributed by atoms with Crippen molar-refractivity contribution in [1.29, 1.82) is 0 Å². The third-order valence-electron chi connectivity index (χ3n) is 9.63. The number of allylic oxidation sites excluding steroid dienone is 7. The van der Waals surface area contributed by atoms with Crippen LogP contribution >= 0.6 is 27.4 Å². The summed E-state index contributed by atoms with van der Waals surface area (Å²) in [5.74, 6) is -1.84. The highest BCUT2D eigenvalue weighted by atomic mass is 32.2. The Labute approximate surface area is 391 Å². The molecule has 0 fully saturated rings. The number of carboxylic acid groups (broad SMARTS) is 1. The van der Waals surface area contributed by atoms with Crippen molar-refractivity contribution in [3.8, 4) is 0 Å². The third-order valence-corrected chi connectivity index (χ3v) is 12.5. The summed E-state index contributed by atoms with van der Waals surface area (Å²) in [6.45, 7) is 3.43. The number of hydrogen-bond acceptors (Lipinski definition) is 14. The molecule has 0 saturated heterocycles. The number of rotatable bonds is 43. The SMILES string of the molecule is CCCCC/C=C\C\C=C/C=C/C=C/[C@@H](SC[C@H](N)C(=O)OC[C@H](COP(=O)(O)OC[C@@H](O)COP(=O)(O)O)OC(=O)CCCCCCCCCCCCC(C)C)[C@@H](O)CCCC(=O)O. The Kier molecular flexibility index (Phi) is 38.4. The van der Waals surface area contributed by atoms with Gasteiger partial charge in [-0.3, -0.25) is 28.0 Å². The van der Waals surface area contributed by atoms with Crippen molar-refractivity contribution >= 4 is 45.3 Å². The van der Waals surface area contributed by atoms with Gasteiger partial charge in [0.05, 0.1) is 25.9 Å². The Bertz CT molecular complexity index is 1470. The highest BCUT2D eigenvalue weighted by Crippen LogP contribution is 2.44. The summed E-state index contributed by atoms with van der Waals surface area (Å²) in [6.07, 6.45) is 28.9. The van der Waals surface area contributed by atoms with Crippen LogP contribution in [-0.2, 0) is 46.6 Å². The van der Waals surface area contributed by atoms with E-state index in [-0.39, 0.29) is 31.4 Å². The number of hydrogen-bond donors (Lipinski definition) is 7. The zero-order chi connectivity index (χ0) is 48.8. The first-order valence-corrected chi connectivity index (χ1v) is 27.2. The fourth-order valence-corrected chi connectivity index (χ4v) is 8.26. The molecule has 0 aromatic carbocycles. The smallest absolute Gasteiger partial charge is 0.472 e. The molecule has 65 heavy (non-hydrogen) atoms. The molecular weight excluding hydrogens is 905 g/mol. The topological polar surface area (TPSA) is 279 Å². The molecule has 378 valence electrons. The number of aliphatic hydroxyl groups excluding tert-OH is 2. The molecule has 0 radical (unpaired) electrons. The molecule has 8 N–H and O–H groups in total. The monoisotopic (exact) mass is 985 g/mol. The van der Waals surface area contributed by atoms with Gasteiger partial charge in [0.1, 0.15) is 18.8 Å². The van der Waals surface area contributed by atoms with Gasteiger partial charge in [0.15, 0.2) is 6.10 Å². The lowest BCUT2D eigenvalue weighted by atomic mass is 10.0. The predicted molar refractivity (Wildman–Crippen MR) is 254 cm³/mol. The van der Waals surface area contributed by atoms with E-state index >= 15 is 0 Å². The van der Waals surface area contributed by atoms with E-state index in [2.05, 4.69) is 42.0 Å². The number of aliphatic carboxylic acids is 1. The van der Waals surface area contributed by atoms with Gasteiger partial charge >= 0.3 is 33.6 Å². The number of esters is 2. The molecule has 0 spiro atoms. The van der Waals surface area contributed by atoms with Gasteiger partial charge in [0.2, 0.25) is 0 Å². The number of phosphoric ester groups is 2. The lowest BCUT2D eigenvalue weighted by Gasteiger charge is -2.22. The van der Waals surface area contributed by atoms with Crippen LogP contribution in [0.3, 0.4) is 0 Å². The van der Waals surface area contributed by atoms with Crippen molar-refractivity contribution in [2.45, 2.75) is 179 Å². The number of phosphoric acid groups is 2. The van der Waals surface area contributed by atoms with E-state index < -0.39 is 89.6 Å². The first-order valence-electron chi connectivity index (χ1n) is 23.1. The Balaban J connectivity index is 5.37. The van der Waals surface area contributed by atoms with Crippen molar-refractivity contribution in [3.63, 3.8) is 0 Å². The van der Waals surface area contributed by atoms with Crippen LogP contribution in [0.4, 0.5) is 0 Å². The van der Waals surface area contributed by atoms with Gasteiger partial charge in [0, 0.05) is 23.8 Å². The predicted octanol–water partition coefficient (Wildman–Crippen LogP) is 8.62. The molecule has 0 bridgehead atoms. The van der Waals surface area contributed by atoms with Crippen LogP contribution < -0.4 is 5.73 Å². The molecule has 0 saturated carbocycles. The molecule has 20 heteroatoms. The Morgan fingerprint density at radius 2 is 1.31 bits per heavy atom. The molecule has 0 aliphatic heterocycles. The largest absolute Gasteiger partial charge is 0.481 e. The second kappa shape index (κ2) is 39.8. The van der Waals surface area contributed by atoms with Crippen molar-refractivity contribution in [2.24, 2.45) is 11.7 Å². The molecule has 0 heterocycles. The summed E-state index contributed by atoms with van der Waals surface area (Å²) in [5.41, 5.74) is 6.15. The second-order valence-corrected chi connectivity index (χ2v) is 20.3. The summed E-state index contributed by atoms with van der Waals surface area (Å²) in [5, 5.41) is 29.2. The average molecular weight is 986 g/mol. The maximum atomic E-state index is 13.0. The van der Waals surface area contributed by atoms with Gasteiger partial charge in [-0.05, 0) is 44.4 Å². The van der Waals surface area contributed by atoms with E-state index in [9.17, 15) is 38.6 Å². The van der Waals surface area contributed by atoms with Crippen molar-refractivity contribution < 1.29 is 76.6 Å². The van der Waals surface area contributed by atoms with Crippen LogP contribution in [0.2, 0.25) is 0 Å². The van der Waals surface area contributed by atoms with Crippen LogP contribution in [0.5, 0.6) is 0 Å². The number of carbonyl (C=O) groups excluding carboxylic acids is 2. The highest BCUT2D eigenvalue weighted by Gasteiger charge is 2.29. The number of carbonyl (C=O) groups is 3. The Morgan fingerprint density at radius 3 is 1.94 bits per heavy atom. The first kappa shape index (κ1) is 62.8. The van der Waals surface area contributed by atoms with Crippen LogP contribution in [0.25, 0.3) is 0 Å². The van der Waals surface area contributed by atoms with E-state index in [0.29, 0.717) is 6.42 Å². The van der Waals surface area contributed by atoms with Gasteiger partial charge < -0.3 is 45.2 Å². The lowest BCUT2D eigenvalue weighted by Crippen LogP contribution is -2.38. The number of unbranched alkanes of at least 4 members (excludes halogenated alkanes) is 12. The van der Waals surface area contributed by atoms with E-state index in [1.54, 1.807) is 18.2 Å². The third kappa shape index (κ3) is 41.7. The molecular formula is C45H81NO16P2S. The summed E-state index contributed by atoms with van der Waals surface area (Å²) < 4.78 is 48.0. The second-order valence-electron chi connectivity index (χ2n) is 16.4. The lowest BCUT2D eigenvalue weighted by molar-refractivity contribution is -0.161. The van der Waals surface area contributed by atoms with Crippen LogP contribution in [0, 0.1) is 5.92 Å². The Morgan fingerprint density at radius 1 is 0.692 bits per heavy atom. The van der Waals surface area contributed by atoms with E-state index in [0.717, 1.165) is 56.2 Å². The quantitative estimate of drug-likeness (QED) is 0.00989. The molecule has 0 rings (SSSR count). The van der Waals surface area contributed by atoms with Crippen molar-refractivity contribution in [3.05, 3.63) is 48.6 Å². The summed E-state index contributed by atoms with van der Waals surface area (Å²) >= 11 is 1.16. The fourth-order valence-electron chi connectivity index (χ4n) is 5.97. The minimum absolute atomic E-state index is 0.0228. The fraction of sp³-hybridized carbons (Fsp3) is 0.756. The molecule has 1 unspecified atom stereocenters. The number of aliphatic hydroxyl groups is 2. The zero-order valence-corrected chi connectivity index (χ0v) is 41.5. The minimum Gasteiger partial charge on any atom is -0.481 e. The molecule has 0 aromatic rings. The van der Waals surface area contributed by atoms with Gasteiger partial charge in [-0.25, -0.2) is 9.13 Å². The van der Waals surface area contributed by atoms with E-state index in [1.807, 2.05) is 18.2 Å². The number of ether oxygens (including phenoxy) is 2. The van der Waals surface area contributed by atoms with Gasteiger partial charge in [-0.15, -0.1) is 11.8 Å². The Hall–Kier alpha value is -2.18. The molecule has 17 nitrogen and oxygen atoms in total. The van der Waals surface area contributed by atoms with Crippen molar-refractivity contribution in [2.75, 3.05) is 32.2 Å². The number of nitrogens with two attached hydrogens (primary N) is 1. The van der Waals surface area contributed by atoms with Gasteiger partial charge in [-0.1, -0.05) is 146 Å². The normalized spacial score (nSPS) is 15.8. The molecule has 6 atom stereocenters. The highest BCUT2D eigenvalue weighted by molar-refractivity contribution is 8.00. The molecule has 0 aromatic heterocycles. The molecule has 0 aliphatic carbocycles. The maximum absolute atomic E-state index is 13.0. The molecule has 0 amide bonds. The van der Waals surface area contributed by atoms with Gasteiger partial charge in [-0.2, -0.15) is 0 Å². The standard InChI is InChI=1S/C45H81NO16P2S/c1-4-5-6-7-8-9-10-11-15-18-21-24-29-42(41(48)28-26-30-43(49)50)65-36-40(46)45(52)58-34-39(35-61-64(56,57)60-33-38(47)32-59-63(53,54)55)62-44(51)31-25-22-19-16-13-12-14-17-20-23-27-37(2)3/h8-9,11,15,18,21,24,29,37-42,47-48H,4-7,10,12-14,16-17,19-20,22-23,25-28,30-36,46H2,1-3H3,(H,49,50)(H,56,57)(H2,53,54,55)/b9-8-,15-11-,21-18+,29-24+/t38-,39+,40-,41-,42+/m0/s1. The van der Waals surface area contributed by atoms with Crippen molar-refractivity contribution in [1.82, 2.24) is 0 Å². The maximum Gasteiger partial charge on any atom is 0.472 e. The number of carboxylic acids is 1. The zero-order valence-electron chi connectivity index (χ0n) is 38.9. The van der Waals surface area contributed by atoms with Crippen LogP contribution in [-0.4, -0.2) is 110 Å². The van der Waals surface area contributed by atoms with E-state index in [1.165, 1.54) is 57.8 Å². The number of thioether (sulfide) groups is 1. The van der Waals surface area contributed by atoms with E-state index in [4.69, 9.17) is 34.6 Å². The summed E-state index contributed by atoms with van der Waals surface area (Å²) in [6, 6.07) is -1.22. The minimum atomic E-state index is -4.94. The van der Waals surface area contributed by atoms with Crippen LogP contribution in [0.15, 0.2) is 48.6 Å². The average Bonchev–Trinajstić information content (AvgIpc) is 3.24. The molecule has 0 aliphatic rings. The first-order chi connectivity index (χ1) is 30.8. The summed E-state index contributed by atoms with van der Waals surface area (Å²) in [7, 11) is -9.86. The summed E-state index contributed by atoms with van der Waals surface area (Å²) in [4.78, 5) is 64.6.